The van der Waals surface area contributed by atoms with E-state index in [0.29, 0.717) is 0 Å². The summed E-state index contributed by atoms with van der Waals surface area (Å²) >= 11 is 0. The quantitative estimate of drug-likeness (QED) is 0.798. The van der Waals surface area contributed by atoms with Gasteiger partial charge in [-0.2, -0.15) is 0 Å². The second-order valence-corrected chi connectivity index (χ2v) is 6.30. The first kappa shape index (κ1) is 15.8. The van der Waals surface area contributed by atoms with Crippen LogP contribution < -0.4 is 15.0 Å². The van der Waals surface area contributed by atoms with Crippen LogP contribution in [-0.4, -0.2) is 43.3 Å². The molecular weight excluding hydrogens is 312 g/mol. The highest BCUT2D eigenvalue weighted by Gasteiger charge is 2.14. The van der Waals surface area contributed by atoms with Crippen LogP contribution in [0.2, 0.25) is 0 Å². The van der Waals surface area contributed by atoms with Gasteiger partial charge in [-0.25, -0.2) is 9.97 Å². The Hall–Kier alpha value is -2.66. The third-order valence-corrected chi connectivity index (χ3v) is 4.68. The minimum absolute atomic E-state index is 0.804. The summed E-state index contributed by atoms with van der Waals surface area (Å²) in [6, 6.07) is 12.5. The molecule has 4 rings (SSSR count). The van der Waals surface area contributed by atoms with E-state index in [0.717, 1.165) is 65.5 Å². The van der Waals surface area contributed by atoms with Crippen molar-refractivity contribution < 1.29 is 4.74 Å². The van der Waals surface area contributed by atoms with E-state index in [9.17, 15) is 0 Å². The predicted molar refractivity (Wildman–Crippen MR) is 101 cm³/mol. The zero-order valence-electron chi connectivity index (χ0n) is 14.6. The Kier molecular flexibility index (Phi) is 4.24. The number of anilines is 1. The average Bonchev–Trinajstić information content (AvgIpc) is 2.68. The van der Waals surface area contributed by atoms with Crippen molar-refractivity contribution in [3.8, 4) is 16.9 Å². The molecule has 1 fully saturated rings. The van der Waals surface area contributed by atoms with Gasteiger partial charge in [0, 0.05) is 43.5 Å². The fourth-order valence-electron chi connectivity index (χ4n) is 3.36. The van der Waals surface area contributed by atoms with Crippen LogP contribution >= 0.6 is 0 Å². The van der Waals surface area contributed by atoms with Gasteiger partial charge in [-0.1, -0.05) is 6.07 Å². The van der Waals surface area contributed by atoms with E-state index in [2.05, 4.69) is 44.5 Å². The lowest BCUT2D eigenvalue weighted by Gasteiger charge is -2.28. The number of methoxy groups -OCH3 is 1. The van der Waals surface area contributed by atoms with Gasteiger partial charge < -0.3 is 15.0 Å². The molecule has 0 amide bonds. The lowest BCUT2D eigenvalue weighted by Crippen LogP contribution is -2.43. The normalized spacial score (nSPS) is 14.7. The van der Waals surface area contributed by atoms with Gasteiger partial charge in [0.2, 0.25) is 0 Å². The van der Waals surface area contributed by atoms with Crippen molar-refractivity contribution in [1.82, 2.24) is 15.3 Å². The summed E-state index contributed by atoms with van der Waals surface area (Å²) in [6.45, 7) is 5.97. The molecule has 1 aliphatic heterocycles. The molecule has 0 bridgehead atoms. The number of aromatic nitrogens is 2. The summed E-state index contributed by atoms with van der Waals surface area (Å²) in [7, 11) is 1.69. The maximum Gasteiger partial charge on any atom is 0.145 e. The van der Waals surface area contributed by atoms with E-state index in [-0.39, 0.29) is 0 Å². The van der Waals surface area contributed by atoms with Gasteiger partial charge in [0.15, 0.2) is 0 Å². The van der Waals surface area contributed by atoms with E-state index in [4.69, 9.17) is 4.74 Å². The fraction of sp³-hybridized carbons (Fsp3) is 0.300. The second-order valence-electron chi connectivity index (χ2n) is 6.30. The van der Waals surface area contributed by atoms with E-state index in [1.54, 1.807) is 7.11 Å². The molecule has 25 heavy (non-hydrogen) atoms. The average molecular weight is 334 g/mol. The Bertz CT molecular complexity index is 903. The van der Waals surface area contributed by atoms with Crippen LogP contribution in [0.4, 0.5) is 5.82 Å². The molecule has 5 nitrogen and oxygen atoms in total. The summed E-state index contributed by atoms with van der Waals surface area (Å²) in [5.41, 5.74) is 4.20. The SMILES string of the molecule is COc1ccc(-c2ccnc(N3CCNCC3)c2)c2ccc(C)nc12. The minimum Gasteiger partial charge on any atom is -0.494 e. The highest BCUT2D eigenvalue weighted by Crippen LogP contribution is 2.34. The molecule has 1 aromatic carbocycles. The van der Waals surface area contributed by atoms with E-state index in [1.807, 2.05) is 25.3 Å². The minimum atomic E-state index is 0.804. The Morgan fingerprint density at radius 3 is 2.72 bits per heavy atom. The van der Waals surface area contributed by atoms with Crippen molar-refractivity contribution in [1.29, 1.82) is 0 Å². The van der Waals surface area contributed by atoms with Gasteiger partial charge in [-0.3, -0.25) is 0 Å². The summed E-state index contributed by atoms with van der Waals surface area (Å²) in [5.74, 6) is 1.84. The molecule has 0 saturated carbocycles. The van der Waals surface area contributed by atoms with Gasteiger partial charge in [0.1, 0.15) is 17.1 Å². The lowest BCUT2D eigenvalue weighted by atomic mass is 10.0. The number of hydrogen-bond donors (Lipinski definition) is 1. The number of fused-ring (bicyclic) bond motifs is 1. The molecule has 2 aromatic heterocycles. The van der Waals surface area contributed by atoms with E-state index >= 15 is 0 Å². The van der Waals surface area contributed by atoms with Gasteiger partial charge >= 0.3 is 0 Å². The van der Waals surface area contributed by atoms with Gasteiger partial charge in [0.05, 0.1) is 7.11 Å². The van der Waals surface area contributed by atoms with Gasteiger partial charge in [-0.15, -0.1) is 0 Å². The largest absolute Gasteiger partial charge is 0.494 e. The maximum atomic E-state index is 5.50. The molecule has 1 saturated heterocycles. The number of ether oxygens (including phenoxy) is 1. The predicted octanol–water partition coefficient (Wildman–Crippen LogP) is 3.02. The van der Waals surface area contributed by atoms with Crippen molar-refractivity contribution in [3.05, 3.63) is 48.3 Å². The first-order valence-electron chi connectivity index (χ1n) is 8.63. The van der Waals surface area contributed by atoms with Crippen LogP contribution in [0.25, 0.3) is 22.0 Å². The highest BCUT2D eigenvalue weighted by atomic mass is 16.5. The van der Waals surface area contributed by atoms with Crippen LogP contribution in [0, 0.1) is 6.92 Å². The number of nitrogens with one attached hydrogen (secondary N) is 1. The van der Waals surface area contributed by atoms with Crippen molar-refractivity contribution in [2.24, 2.45) is 0 Å². The van der Waals surface area contributed by atoms with Crippen LogP contribution in [0.5, 0.6) is 5.75 Å². The van der Waals surface area contributed by atoms with E-state index < -0.39 is 0 Å². The third kappa shape index (κ3) is 3.03. The number of nitrogens with zero attached hydrogens (tertiary/aromatic N) is 3. The Balaban J connectivity index is 1.82. The molecule has 1 N–H and O–H groups in total. The van der Waals surface area contributed by atoms with Crippen LogP contribution in [0.3, 0.4) is 0 Å². The number of benzene rings is 1. The van der Waals surface area contributed by atoms with Gasteiger partial charge in [-0.05, 0) is 48.4 Å². The molecule has 0 atom stereocenters. The molecule has 3 aromatic rings. The first-order chi connectivity index (χ1) is 12.3. The highest BCUT2D eigenvalue weighted by molar-refractivity contribution is 5.98. The second kappa shape index (κ2) is 6.69. The molecular formula is C20H22N4O. The zero-order chi connectivity index (χ0) is 17.2. The van der Waals surface area contributed by atoms with Crippen molar-refractivity contribution in [2.75, 3.05) is 38.2 Å². The summed E-state index contributed by atoms with van der Waals surface area (Å²) < 4.78 is 5.50. The number of piperazine rings is 1. The molecule has 0 radical (unpaired) electrons. The maximum absolute atomic E-state index is 5.50. The van der Waals surface area contributed by atoms with E-state index in [1.165, 1.54) is 0 Å². The smallest absolute Gasteiger partial charge is 0.145 e. The Morgan fingerprint density at radius 1 is 1.08 bits per heavy atom. The lowest BCUT2D eigenvalue weighted by molar-refractivity contribution is 0.419. The number of rotatable bonds is 3. The summed E-state index contributed by atoms with van der Waals surface area (Å²) in [5, 5.41) is 4.48. The summed E-state index contributed by atoms with van der Waals surface area (Å²) in [4.78, 5) is 11.6. The zero-order valence-corrected chi connectivity index (χ0v) is 14.6. The van der Waals surface area contributed by atoms with Crippen molar-refractivity contribution in [3.63, 3.8) is 0 Å². The van der Waals surface area contributed by atoms with Crippen LogP contribution in [0.15, 0.2) is 42.6 Å². The Labute approximate surface area is 147 Å². The molecule has 0 spiro atoms. The molecule has 5 heteroatoms. The molecule has 0 aliphatic carbocycles. The summed E-state index contributed by atoms with van der Waals surface area (Å²) in [6.07, 6.45) is 1.89. The number of hydrogen-bond acceptors (Lipinski definition) is 5. The molecule has 128 valence electrons. The monoisotopic (exact) mass is 334 g/mol. The topological polar surface area (TPSA) is 50.3 Å². The van der Waals surface area contributed by atoms with Crippen LogP contribution in [-0.2, 0) is 0 Å². The number of aryl methyl sites for hydroxylation is 1. The number of pyridine rings is 2. The van der Waals surface area contributed by atoms with Gasteiger partial charge in [0.25, 0.3) is 0 Å². The molecule has 3 heterocycles. The molecule has 0 unspecified atom stereocenters. The molecule has 1 aliphatic rings. The van der Waals surface area contributed by atoms with Crippen LogP contribution in [0.1, 0.15) is 5.69 Å². The third-order valence-electron chi connectivity index (χ3n) is 4.68. The standard InChI is InChI=1S/C20H22N4O/c1-14-3-4-17-16(5-6-18(25-2)20(17)23-14)15-7-8-22-19(13-15)24-11-9-21-10-12-24/h3-8,13,21H,9-12H2,1-2H3. The fourth-order valence-corrected chi connectivity index (χ4v) is 3.36. The first-order valence-corrected chi connectivity index (χ1v) is 8.63. The van der Waals surface area contributed by atoms with Crippen molar-refractivity contribution in [2.45, 2.75) is 6.92 Å². The van der Waals surface area contributed by atoms with Crippen molar-refractivity contribution >= 4 is 16.7 Å². The Morgan fingerprint density at radius 2 is 1.92 bits per heavy atom.